The van der Waals surface area contributed by atoms with E-state index in [1.54, 1.807) is 0 Å². The lowest BCUT2D eigenvalue weighted by Gasteiger charge is -2.04. The molecule has 0 aliphatic carbocycles. The SMILES string of the molecule is OC1COCCCO1. The molecule has 0 spiro atoms. The molecule has 1 rings (SSSR count). The standard InChI is InChI=1S/C5H10O3/c6-5-4-7-2-1-3-8-5/h5-6H,1-4H2. The fraction of sp³-hybridized carbons (Fsp3) is 1.00. The highest BCUT2D eigenvalue weighted by Crippen LogP contribution is 1.96. The second-order valence-electron chi connectivity index (χ2n) is 1.75. The minimum Gasteiger partial charge on any atom is -0.376 e. The van der Waals surface area contributed by atoms with Gasteiger partial charge in [0.05, 0.1) is 13.2 Å². The molecule has 1 saturated heterocycles. The third kappa shape index (κ3) is 1.78. The third-order valence-corrected chi connectivity index (χ3v) is 1.00. The van der Waals surface area contributed by atoms with Crippen LogP contribution >= 0.6 is 0 Å². The topological polar surface area (TPSA) is 38.7 Å². The number of hydrogen-bond acceptors (Lipinski definition) is 3. The van der Waals surface area contributed by atoms with Gasteiger partial charge < -0.3 is 14.6 Å². The highest BCUT2D eigenvalue weighted by atomic mass is 16.6. The summed E-state index contributed by atoms with van der Waals surface area (Å²) in [6.45, 7) is 1.64. The lowest BCUT2D eigenvalue weighted by molar-refractivity contribution is -0.115. The molecule has 1 unspecified atom stereocenters. The Hall–Kier alpha value is -0.120. The second kappa shape index (κ2) is 3.02. The summed E-state index contributed by atoms with van der Waals surface area (Å²) < 4.78 is 9.77. The van der Waals surface area contributed by atoms with Crippen LogP contribution in [-0.2, 0) is 9.47 Å². The molecule has 48 valence electrons. The van der Waals surface area contributed by atoms with E-state index in [0.717, 1.165) is 6.42 Å². The largest absolute Gasteiger partial charge is 0.376 e. The Morgan fingerprint density at radius 1 is 1.38 bits per heavy atom. The van der Waals surface area contributed by atoms with Crippen LogP contribution in [-0.4, -0.2) is 31.2 Å². The highest BCUT2D eigenvalue weighted by molar-refractivity contribution is 4.44. The molecule has 0 amide bonds. The minimum absolute atomic E-state index is 0.319. The maximum atomic E-state index is 8.74. The van der Waals surface area contributed by atoms with Gasteiger partial charge in [-0.1, -0.05) is 0 Å². The first kappa shape index (κ1) is 6.01. The molecule has 1 atom stereocenters. The van der Waals surface area contributed by atoms with Crippen molar-refractivity contribution in [3.63, 3.8) is 0 Å². The highest BCUT2D eigenvalue weighted by Gasteiger charge is 2.06. The van der Waals surface area contributed by atoms with E-state index in [4.69, 9.17) is 14.6 Å². The number of rotatable bonds is 0. The van der Waals surface area contributed by atoms with Gasteiger partial charge in [-0.15, -0.1) is 0 Å². The molecule has 0 aromatic rings. The molecule has 0 radical (unpaired) electrons. The molecule has 3 heteroatoms. The summed E-state index contributed by atoms with van der Waals surface area (Å²) in [5, 5.41) is 8.74. The van der Waals surface area contributed by atoms with Crippen LogP contribution in [0, 0.1) is 0 Å². The van der Waals surface area contributed by atoms with Crippen molar-refractivity contribution in [2.45, 2.75) is 12.7 Å². The Bertz CT molecular complexity index is 56.7. The minimum atomic E-state index is -0.697. The van der Waals surface area contributed by atoms with Gasteiger partial charge in [-0.05, 0) is 6.42 Å². The summed E-state index contributed by atoms with van der Waals surface area (Å²) in [6.07, 6.45) is 0.189. The van der Waals surface area contributed by atoms with Gasteiger partial charge in [-0.2, -0.15) is 0 Å². The zero-order valence-corrected chi connectivity index (χ0v) is 4.67. The van der Waals surface area contributed by atoms with Gasteiger partial charge in [0.2, 0.25) is 0 Å². The fourth-order valence-corrected chi connectivity index (χ4v) is 0.613. The molecule has 1 aliphatic heterocycles. The molecule has 1 aliphatic rings. The third-order valence-electron chi connectivity index (χ3n) is 1.00. The number of aliphatic hydroxyl groups is 1. The molecule has 8 heavy (non-hydrogen) atoms. The van der Waals surface area contributed by atoms with E-state index in [0.29, 0.717) is 19.8 Å². The smallest absolute Gasteiger partial charge is 0.178 e. The summed E-state index contributed by atoms with van der Waals surface area (Å²) in [5.41, 5.74) is 0. The Morgan fingerprint density at radius 3 is 3.12 bits per heavy atom. The van der Waals surface area contributed by atoms with Gasteiger partial charge >= 0.3 is 0 Å². The van der Waals surface area contributed by atoms with Gasteiger partial charge in [-0.25, -0.2) is 0 Å². The van der Waals surface area contributed by atoms with Crippen LogP contribution < -0.4 is 0 Å². The predicted molar refractivity (Wildman–Crippen MR) is 27.4 cm³/mol. The maximum absolute atomic E-state index is 8.74. The summed E-state index contributed by atoms with van der Waals surface area (Å²) >= 11 is 0. The molecular formula is C5H10O3. The predicted octanol–water partition coefficient (Wildman–Crippen LogP) is -0.258. The fourth-order valence-electron chi connectivity index (χ4n) is 0.613. The first-order valence-corrected chi connectivity index (χ1v) is 2.77. The van der Waals surface area contributed by atoms with Crippen molar-refractivity contribution < 1.29 is 14.6 Å². The van der Waals surface area contributed by atoms with Crippen molar-refractivity contribution in [3.8, 4) is 0 Å². The van der Waals surface area contributed by atoms with E-state index in [9.17, 15) is 0 Å². The monoisotopic (exact) mass is 118 g/mol. The van der Waals surface area contributed by atoms with Crippen molar-refractivity contribution in [3.05, 3.63) is 0 Å². The Balaban J connectivity index is 2.17. The van der Waals surface area contributed by atoms with Crippen LogP contribution in [0.15, 0.2) is 0 Å². The van der Waals surface area contributed by atoms with Crippen molar-refractivity contribution in [2.24, 2.45) is 0 Å². The number of hydrogen-bond donors (Lipinski definition) is 1. The van der Waals surface area contributed by atoms with E-state index in [2.05, 4.69) is 0 Å². The van der Waals surface area contributed by atoms with E-state index in [1.165, 1.54) is 0 Å². The average Bonchev–Trinajstić information content (AvgIpc) is 1.94. The number of ether oxygens (including phenoxy) is 2. The maximum Gasteiger partial charge on any atom is 0.178 e. The second-order valence-corrected chi connectivity index (χ2v) is 1.75. The molecule has 1 N–H and O–H groups in total. The molecule has 1 heterocycles. The Kier molecular flexibility index (Phi) is 2.27. The van der Waals surface area contributed by atoms with Gasteiger partial charge in [0, 0.05) is 6.61 Å². The average molecular weight is 118 g/mol. The molecular weight excluding hydrogens is 108 g/mol. The zero-order valence-electron chi connectivity index (χ0n) is 4.67. The van der Waals surface area contributed by atoms with Crippen LogP contribution in [0.1, 0.15) is 6.42 Å². The molecule has 1 fully saturated rings. The van der Waals surface area contributed by atoms with Gasteiger partial charge in [0.15, 0.2) is 6.29 Å². The van der Waals surface area contributed by atoms with E-state index in [1.807, 2.05) is 0 Å². The van der Waals surface area contributed by atoms with Crippen molar-refractivity contribution in [1.82, 2.24) is 0 Å². The van der Waals surface area contributed by atoms with Crippen molar-refractivity contribution >= 4 is 0 Å². The quantitative estimate of drug-likeness (QED) is 0.476. The molecule has 0 aromatic heterocycles. The first-order valence-electron chi connectivity index (χ1n) is 2.77. The first-order chi connectivity index (χ1) is 3.89. The van der Waals surface area contributed by atoms with E-state index < -0.39 is 6.29 Å². The van der Waals surface area contributed by atoms with Crippen molar-refractivity contribution in [1.29, 1.82) is 0 Å². The van der Waals surface area contributed by atoms with Gasteiger partial charge in [0.1, 0.15) is 0 Å². The summed E-state index contributed by atoms with van der Waals surface area (Å²) in [7, 11) is 0. The zero-order chi connectivity index (χ0) is 5.82. The van der Waals surface area contributed by atoms with Crippen LogP contribution in [0.3, 0.4) is 0 Å². The number of aliphatic hydroxyl groups excluding tert-OH is 1. The Morgan fingerprint density at radius 2 is 2.25 bits per heavy atom. The molecule has 0 aromatic carbocycles. The Labute approximate surface area is 48.2 Å². The van der Waals surface area contributed by atoms with Gasteiger partial charge in [-0.3, -0.25) is 0 Å². The van der Waals surface area contributed by atoms with Crippen molar-refractivity contribution in [2.75, 3.05) is 19.8 Å². The summed E-state index contributed by atoms with van der Waals surface area (Å²) in [5.74, 6) is 0. The molecule has 0 bridgehead atoms. The lowest BCUT2D eigenvalue weighted by atomic mass is 10.5. The van der Waals surface area contributed by atoms with Crippen LogP contribution in [0.5, 0.6) is 0 Å². The summed E-state index contributed by atoms with van der Waals surface area (Å²) in [6, 6.07) is 0. The van der Waals surface area contributed by atoms with E-state index in [-0.39, 0.29) is 0 Å². The lowest BCUT2D eigenvalue weighted by Crippen LogP contribution is -2.15. The van der Waals surface area contributed by atoms with Crippen LogP contribution in [0.25, 0.3) is 0 Å². The summed E-state index contributed by atoms with van der Waals surface area (Å²) in [4.78, 5) is 0. The van der Waals surface area contributed by atoms with Gasteiger partial charge in [0.25, 0.3) is 0 Å². The van der Waals surface area contributed by atoms with E-state index >= 15 is 0 Å². The van der Waals surface area contributed by atoms with Crippen LogP contribution in [0.4, 0.5) is 0 Å². The van der Waals surface area contributed by atoms with Crippen LogP contribution in [0.2, 0.25) is 0 Å². The molecule has 3 nitrogen and oxygen atoms in total. The molecule has 0 saturated carbocycles. The normalized spacial score (nSPS) is 31.9.